The predicted molar refractivity (Wildman–Crippen MR) is 103 cm³/mol. The molecule has 4 N–H and O–H groups in total. The van der Waals surface area contributed by atoms with E-state index in [9.17, 15) is 14.4 Å². The molecule has 2 heterocycles. The molecule has 0 aliphatic carbocycles. The number of rotatable bonds is 4. The fourth-order valence-electron chi connectivity index (χ4n) is 2.93. The second-order valence-electron chi connectivity index (χ2n) is 6.23. The van der Waals surface area contributed by atoms with Crippen LogP contribution in [0.5, 0.6) is 0 Å². The number of halogens is 2. The molecule has 9 nitrogen and oxygen atoms in total. The molecule has 1 fully saturated rings. The van der Waals surface area contributed by atoms with Crippen LogP contribution in [0.2, 0.25) is 10.0 Å². The van der Waals surface area contributed by atoms with E-state index in [1.54, 1.807) is 6.07 Å². The fraction of sp³-hybridized carbons (Fsp3) is 0.294. The van der Waals surface area contributed by atoms with E-state index in [1.807, 2.05) is 0 Å². The van der Waals surface area contributed by atoms with E-state index >= 15 is 0 Å². The van der Waals surface area contributed by atoms with Gasteiger partial charge in [-0.05, 0) is 25.0 Å². The first-order valence-corrected chi connectivity index (χ1v) is 9.20. The van der Waals surface area contributed by atoms with Crippen molar-refractivity contribution in [2.24, 2.45) is 0 Å². The maximum Gasteiger partial charge on any atom is 0.407 e. The zero-order valence-corrected chi connectivity index (χ0v) is 16.0. The topological polar surface area (TPSA) is 127 Å². The number of nitrogens with one attached hydrogen (secondary N) is 3. The smallest absolute Gasteiger partial charge is 0.407 e. The first kappa shape index (κ1) is 20.0. The van der Waals surface area contributed by atoms with Crippen molar-refractivity contribution in [3.05, 3.63) is 45.7 Å². The Morgan fingerprint density at radius 2 is 1.79 bits per heavy atom. The second kappa shape index (κ2) is 8.49. The molecule has 0 radical (unpaired) electrons. The average Bonchev–Trinajstić information content (AvgIpc) is 3.10. The van der Waals surface area contributed by atoms with Crippen LogP contribution in [0.1, 0.15) is 33.7 Å². The third-order valence-corrected chi connectivity index (χ3v) is 5.04. The lowest BCUT2D eigenvalue weighted by atomic mass is 10.1. The number of hydrogen-bond acceptors (Lipinski definition) is 4. The summed E-state index contributed by atoms with van der Waals surface area (Å²) in [5.74, 6) is -1.02. The Morgan fingerprint density at radius 1 is 1.14 bits per heavy atom. The summed E-state index contributed by atoms with van der Waals surface area (Å²) < 4.78 is 0. The van der Waals surface area contributed by atoms with Crippen molar-refractivity contribution in [3.8, 4) is 0 Å². The van der Waals surface area contributed by atoms with Crippen LogP contribution in [0, 0.1) is 0 Å². The van der Waals surface area contributed by atoms with Crippen LogP contribution in [-0.2, 0) is 0 Å². The first-order chi connectivity index (χ1) is 13.4. The van der Waals surface area contributed by atoms with Gasteiger partial charge in [0.05, 0.1) is 27.5 Å². The van der Waals surface area contributed by atoms with E-state index in [1.165, 1.54) is 23.2 Å². The van der Waals surface area contributed by atoms with Gasteiger partial charge in [-0.1, -0.05) is 29.3 Å². The van der Waals surface area contributed by atoms with Crippen molar-refractivity contribution in [2.75, 3.05) is 18.4 Å². The third-order valence-electron chi connectivity index (χ3n) is 4.41. The molecule has 2 aromatic rings. The molecule has 0 saturated carbocycles. The largest absolute Gasteiger partial charge is 0.465 e. The van der Waals surface area contributed by atoms with Crippen molar-refractivity contribution in [2.45, 2.75) is 18.9 Å². The molecule has 28 heavy (non-hydrogen) atoms. The number of carbonyl (C=O) groups excluding carboxylic acids is 2. The van der Waals surface area contributed by atoms with Gasteiger partial charge in [-0.3, -0.25) is 14.7 Å². The van der Waals surface area contributed by atoms with Gasteiger partial charge in [-0.25, -0.2) is 4.79 Å². The van der Waals surface area contributed by atoms with Crippen LogP contribution < -0.4 is 10.6 Å². The maximum atomic E-state index is 12.5. The number of carbonyl (C=O) groups is 3. The molecular weight excluding hydrogens is 409 g/mol. The van der Waals surface area contributed by atoms with E-state index in [2.05, 4.69) is 20.8 Å². The molecule has 1 aromatic heterocycles. The number of nitrogens with zero attached hydrogens (tertiary/aromatic N) is 2. The second-order valence-corrected chi connectivity index (χ2v) is 7.04. The summed E-state index contributed by atoms with van der Waals surface area (Å²) in [5.41, 5.74) is 0.359. The minimum Gasteiger partial charge on any atom is -0.465 e. The molecular formula is C17H17Cl2N5O4. The van der Waals surface area contributed by atoms with E-state index in [0.29, 0.717) is 25.9 Å². The number of carboxylic acid groups (broad SMARTS) is 1. The molecule has 1 aliphatic heterocycles. The van der Waals surface area contributed by atoms with Crippen molar-refractivity contribution in [1.29, 1.82) is 0 Å². The lowest BCUT2D eigenvalue weighted by Gasteiger charge is -2.30. The number of likely N-dealkylation sites (tertiary alicyclic amines) is 1. The monoisotopic (exact) mass is 425 g/mol. The van der Waals surface area contributed by atoms with E-state index < -0.39 is 17.9 Å². The van der Waals surface area contributed by atoms with Gasteiger partial charge in [0.2, 0.25) is 0 Å². The fourth-order valence-corrected chi connectivity index (χ4v) is 3.50. The molecule has 1 aromatic carbocycles. The third kappa shape index (κ3) is 4.37. The van der Waals surface area contributed by atoms with Gasteiger partial charge in [0, 0.05) is 19.1 Å². The molecule has 148 valence electrons. The van der Waals surface area contributed by atoms with Gasteiger partial charge < -0.3 is 20.6 Å². The number of amides is 3. The van der Waals surface area contributed by atoms with Crippen molar-refractivity contribution < 1.29 is 19.5 Å². The number of H-pyrrole nitrogens is 1. The van der Waals surface area contributed by atoms with E-state index in [-0.39, 0.29) is 33.0 Å². The average molecular weight is 426 g/mol. The van der Waals surface area contributed by atoms with Crippen LogP contribution in [0.15, 0.2) is 24.4 Å². The van der Waals surface area contributed by atoms with E-state index in [0.717, 1.165) is 0 Å². The Hall–Kier alpha value is -2.78. The predicted octanol–water partition coefficient (Wildman–Crippen LogP) is 2.84. The van der Waals surface area contributed by atoms with Gasteiger partial charge in [-0.2, -0.15) is 5.10 Å². The maximum absolute atomic E-state index is 12.5. The Kier molecular flexibility index (Phi) is 6.05. The normalized spacial score (nSPS) is 14.6. The molecule has 1 saturated heterocycles. The van der Waals surface area contributed by atoms with Crippen LogP contribution in [-0.4, -0.2) is 57.2 Å². The van der Waals surface area contributed by atoms with Crippen LogP contribution in [0.3, 0.4) is 0 Å². The highest BCUT2D eigenvalue weighted by molar-refractivity contribution is 6.40. The molecule has 0 bridgehead atoms. The van der Waals surface area contributed by atoms with E-state index in [4.69, 9.17) is 28.3 Å². The number of piperidine rings is 1. The van der Waals surface area contributed by atoms with Gasteiger partial charge >= 0.3 is 6.09 Å². The zero-order chi connectivity index (χ0) is 20.3. The summed E-state index contributed by atoms with van der Waals surface area (Å²) in [6, 6.07) is 4.52. The lowest BCUT2D eigenvalue weighted by Crippen LogP contribution is -2.46. The summed E-state index contributed by atoms with van der Waals surface area (Å²) in [6.45, 7) is 0.690. The highest BCUT2D eigenvalue weighted by Crippen LogP contribution is 2.25. The standard InChI is InChI=1S/C17H17Cl2N5O4/c18-10-2-1-3-11(19)13(10)15(25)22-12-8-20-23-14(12)16(26)21-9-4-6-24(7-5-9)17(27)28/h1-3,8-9H,4-7H2,(H,20,23)(H,21,26)(H,22,25)(H,27,28). The number of aromatic nitrogens is 2. The Labute approximate surface area is 170 Å². The van der Waals surface area contributed by atoms with Gasteiger partial charge in [0.1, 0.15) is 5.69 Å². The summed E-state index contributed by atoms with van der Waals surface area (Å²) in [4.78, 5) is 37.3. The Balaban J connectivity index is 1.66. The molecule has 1 aliphatic rings. The molecule has 3 amide bonds. The van der Waals surface area contributed by atoms with Crippen molar-refractivity contribution in [3.63, 3.8) is 0 Å². The van der Waals surface area contributed by atoms with Gasteiger partial charge in [0.25, 0.3) is 11.8 Å². The van der Waals surface area contributed by atoms with Crippen LogP contribution in [0.4, 0.5) is 10.5 Å². The number of benzene rings is 1. The molecule has 0 unspecified atom stereocenters. The summed E-state index contributed by atoms with van der Waals surface area (Å²) in [6.07, 6.45) is 1.35. The van der Waals surface area contributed by atoms with Crippen LogP contribution >= 0.6 is 23.2 Å². The summed E-state index contributed by atoms with van der Waals surface area (Å²) >= 11 is 12.1. The highest BCUT2D eigenvalue weighted by atomic mass is 35.5. The minimum absolute atomic E-state index is 0.0807. The minimum atomic E-state index is -0.971. The highest BCUT2D eigenvalue weighted by Gasteiger charge is 2.26. The SMILES string of the molecule is O=C(NC1CCN(C(=O)O)CC1)c1[nH]ncc1NC(=O)c1c(Cl)cccc1Cl. The number of anilines is 1. The van der Waals surface area contributed by atoms with Gasteiger partial charge in [0.15, 0.2) is 0 Å². The number of aromatic amines is 1. The Morgan fingerprint density at radius 3 is 2.39 bits per heavy atom. The molecule has 3 rings (SSSR count). The lowest BCUT2D eigenvalue weighted by molar-refractivity contribution is 0.0903. The zero-order valence-electron chi connectivity index (χ0n) is 14.5. The van der Waals surface area contributed by atoms with Gasteiger partial charge in [-0.15, -0.1) is 0 Å². The molecule has 11 heteroatoms. The molecule has 0 spiro atoms. The number of hydrogen-bond donors (Lipinski definition) is 4. The quantitative estimate of drug-likeness (QED) is 0.598. The van der Waals surface area contributed by atoms with Crippen molar-refractivity contribution >= 4 is 46.8 Å². The summed E-state index contributed by atoms with van der Waals surface area (Å²) in [5, 5.41) is 21.1. The van der Waals surface area contributed by atoms with Crippen molar-refractivity contribution in [1.82, 2.24) is 20.4 Å². The first-order valence-electron chi connectivity index (χ1n) is 8.44. The Bertz CT molecular complexity index is 888. The molecule has 0 atom stereocenters. The summed E-state index contributed by atoms with van der Waals surface area (Å²) in [7, 11) is 0. The van der Waals surface area contributed by atoms with Crippen LogP contribution in [0.25, 0.3) is 0 Å².